The van der Waals surface area contributed by atoms with Crippen molar-refractivity contribution in [2.75, 3.05) is 26.4 Å². The SMILES string of the molecule is C[C@H](O)COCCCOc1nccc(-c2nn(C3CCCCO3)c3ccc(O[Si](C)(C)C(C)(C)C)cc23)n1. The Morgan fingerprint density at radius 2 is 2.00 bits per heavy atom. The summed E-state index contributed by atoms with van der Waals surface area (Å²) in [5, 5.41) is 15.4. The third kappa shape index (κ3) is 6.91. The number of fused-ring (bicyclic) bond motifs is 1. The average molecular weight is 543 g/mol. The minimum absolute atomic E-state index is 0.0885. The van der Waals surface area contributed by atoms with E-state index < -0.39 is 14.4 Å². The molecule has 1 unspecified atom stereocenters. The molecular formula is C28H42N4O5Si. The summed E-state index contributed by atoms with van der Waals surface area (Å²) < 4.78 is 25.9. The zero-order valence-electron chi connectivity index (χ0n) is 23.6. The van der Waals surface area contributed by atoms with Crippen LogP contribution in [0.4, 0.5) is 0 Å². The van der Waals surface area contributed by atoms with Gasteiger partial charge in [0, 0.05) is 31.2 Å². The van der Waals surface area contributed by atoms with Gasteiger partial charge in [-0.25, -0.2) is 9.67 Å². The lowest BCUT2D eigenvalue weighted by molar-refractivity contribution is -0.0365. The quantitative estimate of drug-likeness (QED) is 0.242. The molecule has 1 aliphatic heterocycles. The molecule has 0 aliphatic carbocycles. The Balaban J connectivity index is 1.62. The molecule has 9 nitrogen and oxygen atoms in total. The number of benzene rings is 1. The van der Waals surface area contributed by atoms with Gasteiger partial charge in [-0.3, -0.25) is 0 Å². The van der Waals surface area contributed by atoms with E-state index in [0.29, 0.717) is 37.9 Å². The molecule has 1 saturated heterocycles. The summed E-state index contributed by atoms with van der Waals surface area (Å²) in [5.74, 6) is 0.845. The van der Waals surface area contributed by atoms with Crippen LogP contribution in [0.1, 0.15) is 59.6 Å². The van der Waals surface area contributed by atoms with Gasteiger partial charge >= 0.3 is 6.01 Å². The van der Waals surface area contributed by atoms with Crippen molar-refractivity contribution in [3.63, 3.8) is 0 Å². The molecule has 1 fully saturated rings. The van der Waals surface area contributed by atoms with Crippen molar-refractivity contribution in [1.82, 2.24) is 19.7 Å². The third-order valence-electron chi connectivity index (χ3n) is 7.18. The number of nitrogens with zero attached hydrogens (tertiary/aromatic N) is 4. The number of aromatic nitrogens is 4. The number of ether oxygens (including phenoxy) is 3. The second-order valence-corrected chi connectivity index (χ2v) is 16.2. The predicted molar refractivity (Wildman–Crippen MR) is 150 cm³/mol. The van der Waals surface area contributed by atoms with Crippen LogP contribution in [-0.4, -0.2) is 65.7 Å². The summed E-state index contributed by atoms with van der Waals surface area (Å²) in [6.07, 6.45) is 4.89. The first-order valence-corrected chi connectivity index (χ1v) is 16.5. The first-order chi connectivity index (χ1) is 18.0. The Bertz CT molecular complexity index is 1200. The zero-order valence-corrected chi connectivity index (χ0v) is 24.6. The van der Waals surface area contributed by atoms with E-state index in [2.05, 4.69) is 56.0 Å². The highest BCUT2D eigenvalue weighted by molar-refractivity contribution is 6.74. The molecule has 208 valence electrons. The highest BCUT2D eigenvalue weighted by Gasteiger charge is 2.39. The highest BCUT2D eigenvalue weighted by Crippen LogP contribution is 2.39. The number of hydrogen-bond donors (Lipinski definition) is 1. The van der Waals surface area contributed by atoms with Gasteiger partial charge in [-0.2, -0.15) is 10.1 Å². The Kier molecular flexibility index (Phi) is 9.07. The van der Waals surface area contributed by atoms with E-state index in [1.165, 1.54) is 0 Å². The van der Waals surface area contributed by atoms with Gasteiger partial charge in [0.15, 0.2) is 6.23 Å². The lowest BCUT2D eigenvalue weighted by Crippen LogP contribution is -2.43. The van der Waals surface area contributed by atoms with Gasteiger partial charge in [0.1, 0.15) is 11.4 Å². The molecule has 10 heteroatoms. The molecule has 4 rings (SSSR count). The third-order valence-corrected chi connectivity index (χ3v) is 11.5. The topological polar surface area (TPSA) is 101 Å². The molecule has 1 aliphatic rings. The Hall–Kier alpha value is -2.53. The molecule has 38 heavy (non-hydrogen) atoms. The fourth-order valence-electron chi connectivity index (χ4n) is 4.08. The van der Waals surface area contributed by atoms with Crippen molar-refractivity contribution in [2.45, 2.75) is 83.8 Å². The van der Waals surface area contributed by atoms with Gasteiger partial charge < -0.3 is 23.7 Å². The van der Waals surface area contributed by atoms with Crippen LogP contribution in [0.15, 0.2) is 30.5 Å². The molecular weight excluding hydrogens is 500 g/mol. The van der Waals surface area contributed by atoms with Crippen molar-refractivity contribution < 1.29 is 23.7 Å². The maximum absolute atomic E-state index is 9.30. The summed E-state index contributed by atoms with van der Waals surface area (Å²) >= 11 is 0. The molecule has 0 radical (unpaired) electrons. The van der Waals surface area contributed by atoms with Gasteiger partial charge in [-0.05, 0) is 68.6 Å². The van der Waals surface area contributed by atoms with E-state index in [9.17, 15) is 5.11 Å². The molecule has 1 N–H and O–H groups in total. The van der Waals surface area contributed by atoms with Crippen molar-refractivity contribution in [2.24, 2.45) is 0 Å². The fourth-order valence-corrected chi connectivity index (χ4v) is 5.10. The predicted octanol–water partition coefficient (Wildman–Crippen LogP) is 5.74. The molecule has 0 spiro atoms. The van der Waals surface area contributed by atoms with Gasteiger partial charge in [0.05, 0.1) is 30.5 Å². The first kappa shape index (κ1) is 28.5. The van der Waals surface area contributed by atoms with E-state index in [-0.39, 0.29) is 11.3 Å². The fraction of sp³-hybridized carbons (Fsp3) is 0.607. The summed E-state index contributed by atoms with van der Waals surface area (Å²) in [4.78, 5) is 8.97. The zero-order chi connectivity index (χ0) is 27.3. The monoisotopic (exact) mass is 542 g/mol. The summed E-state index contributed by atoms with van der Waals surface area (Å²) in [5.41, 5.74) is 2.43. The Labute approximate surface area is 226 Å². The van der Waals surface area contributed by atoms with Crippen LogP contribution in [0.25, 0.3) is 22.3 Å². The second kappa shape index (κ2) is 12.1. The normalized spacial score (nSPS) is 17.5. The average Bonchev–Trinajstić information content (AvgIpc) is 3.25. The maximum Gasteiger partial charge on any atom is 0.316 e. The summed E-state index contributed by atoms with van der Waals surface area (Å²) in [6, 6.07) is 8.36. The molecule has 0 bridgehead atoms. The first-order valence-electron chi connectivity index (χ1n) is 13.6. The Morgan fingerprint density at radius 3 is 2.71 bits per heavy atom. The van der Waals surface area contributed by atoms with Gasteiger partial charge in [0.25, 0.3) is 0 Å². The van der Waals surface area contributed by atoms with Gasteiger partial charge in [-0.15, -0.1) is 0 Å². The van der Waals surface area contributed by atoms with Crippen LogP contribution >= 0.6 is 0 Å². The van der Waals surface area contributed by atoms with E-state index >= 15 is 0 Å². The lowest BCUT2D eigenvalue weighted by Gasteiger charge is -2.36. The lowest BCUT2D eigenvalue weighted by atomic mass is 10.1. The standard InChI is InChI=1S/C28H42N4O5Si/c1-20(33)19-34-15-9-17-36-27-29-14-13-23(30-27)26-22-18-21(37-38(5,6)28(2,3)4)11-12-24(22)32(31-26)25-10-7-8-16-35-25/h11-14,18,20,25,33H,7-10,15-17,19H2,1-6H3/t20-,25?/m0/s1. The highest BCUT2D eigenvalue weighted by atomic mass is 28.4. The van der Waals surface area contributed by atoms with E-state index in [1.54, 1.807) is 13.1 Å². The van der Waals surface area contributed by atoms with E-state index in [1.807, 2.05) is 16.8 Å². The maximum atomic E-state index is 9.30. The van der Waals surface area contributed by atoms with Crippen molar-refractivity contribution in [3.05, 3.63) is 30.5 Å². The second-order valence-electron chi connectivity index (χ2n) is 11.5. The molecule has 0 amide bonds. The minimum Gasteiger partial charge on any atom is -0.543 e. The van der Waals surface area contributed by atoms with Crippen LogP contribution < -0.4 is 9.16 Å². The van der Waals surface area contributed by atoms with Crippen molar-refractivity contribution in [3.8, 4) is 23.1 Å². The van der Waals surface area contributed by atoms with E-state index in [0.717, 1.165) is 48.2 Å². The number of rotatable bonds is 11. The number of aliphatic hydroxyl groups excluding tert-OH is 1. The smallest absolute Gasteiger partial charge is 0.316 e. The Morgan fingerprint density at radius 1 is 1.18 bits per heavy atom. The van der Waals surface area contributed by atoms with Crippen LogP contribution in [-0.2, 0) is 9.47 Å². The van der Waals surface area contributed by atoms with Gasteiger partial charge in [0.2, 0.25) is 8.32 Å². The summed E-state index contributed by atoms with van der Waals surface area (Å²) in [6.45, 7) is 14.9. The summed E-state index contributed by atoms with van der Waals surface area (Å²) in [7, 11) is -2.02. The van der Waals surface area contributed by atoms with Crippen LogP contribution in [0, 0.1) is 0 Å². The molecule has 3 heterocycles. The van der Waals surface area contributed by atoms with E-state index in [4.69, 9.17) is 23.7 Å². The minimum atomic E-state index is -2.02. The number of hydrogen-bond acceptors (Lipinski definition) is 8. The molecule has 2 atom stereocenters. The van der Waals surface area contributed by atoms with Gasteiger partial charge in [-0.1, -0.05) is 20.8 Å². The van der Waals surface area contributed by atoms with Crippen LogP contribution in [0.5, 0.6) is 11.8 Å². The molecule has 2 aromatic heterocycles. The van der Waals surface area contributed by atoms with Crippen LogP contribution in [0.3, 0.4) is 0 Å². The molecule has 0 saturated carbocycles. The molecule has 3 aromatic rings. The molecule has 1 aromatic carbocycles. The van der Waals surface area contributed by atoms with Crippen molar-refractivity contribution in [1.29, 1.82) is 0 Å². The van der Waals surface area contributed by atoms with Crippen LogP contribution in [0.2, 0.25) is 18.1 Å². The number of aliphatic hydroxyl groups is 1. The van der Waals surface area contributed by atoms with Crippen molar-refractivity contribution >= 4 is 19.2 Å². The largest absolute Gasteiger partial charge is 0.543 e.